The van der Waals surface area contributed by atoms with Gasteiger partial charge in [-0.2, -0.15) is 0 Å². The summed E-state index contributed by atoms with van der Waals surface area (Å²) in [6.07, 6.45) is 20.1. The van der Waals surface area contributed by atoms with Gasteiger partial charge in [-0.3, -0.25) is 0 Å². The molecule has 3 atom stereocenters. The number of hydrogen-bond donors (Lipinski definition) is 3. The first-order valence-electron chi connectivity index (χ1n) is 30.0. The van der Waals surface area contributed by atoms with E-state index in [0.717, 1.165) is 110 Å². The van der Waals surface area contributed by atoms with Gasteiger partial charge in [-0.1, -0.05) is 112 Å². The summed E-state index contributed by atoms with van der Waals surface area (Å²) in [5.74, 6) is 3.42. The molecule has 3 aliphatic heterocycles. The molecule has 12 nitrogen and oxygen atoms in total. The maximum absolute atomic E-state index is 4.63. The minimum atomic E-state index is 0.481. The fourth-order valence-corrected chi connectivity index (χ4v) is 17.1. The van der Waals surface area contributed by atoms with Gasteiger partial charge in [0.1, 0.15) is 50.9 Å². The van der Waals surface area contributed by atoms with Gasteiger partial charge in [-0.25, -0.2) is 29.9 Å². The number of nitrogens with one attached hydrogen (secondary N) is 3. The molecule has 15 heteroatoms. The van der Waals surface area contributed by atoms with E-state index >= 15 is 0 Å². The average Bonchev–Trinajstić information content (AvgIpc) is 4.44. The second-order valence-corrected chi connectivity index (χ2v) is 27.8. The smallest absolute Gasteiger partial charge is 0.140 e. The average molecular weight is 1140 g/mol. The summed E-state index contributed by atoms with van der Waals surface area (Å²) in [4.78, 5) is 42.3. The molecule has 3 aromatic carbocycles. The Morgan fingerprint density at radius 3 is 0.963 bits per heavy atom. The van der Waals surface area contributed by atoms with Crippen LogP contribution in [0.25, 0.3) is 30.6 Å². The van der Waals surface area contributed by atoms with Crippen LogP contribution in [0.1, 0.15) is 110 Å². The summed E-state index contributed by atoms with van der Waals surface area (Å²) >= 11 is 5.41. The molecule has 3 spiro atoms. The highest BCUT2D eigenvalue weighted by atomic mass is 32.1. The van der Waals surface area contributed by atoms with E-state index in [1.807, 2.05) is 0 Å². The van der Waals surface area contributed by atoms with Crippen LogP contribution in [0, 0.1) is 16.2 Å². The van der Waals surface area contributed by atoms with Gasteiger partial charge in [-0.05, 0) is 112 Å². The van der Waals surface area contributed by atoms with Crippen molar-refractivity contribution in [1.82, 2.24) is 45.9 Å². The van der Waals surface area contributed by atoms with Gasteiger partial charge in [-0.15, -0.1) is 34.0 Å². The molecule has 9 heterocycles. The number of nitrogens with zero attached hydrogens (tertiary/aromatic N) is 9. The number of rotatable bonds is 15. The maximum Gasteiger partial charge on any atom is 0.140 e. The van der Waals surface area contributed by atoms with Gasteiger partial charge in [0.2, 0.25) is 0 Å². The van der Waals surface area contributed by atoms with Crippen molar-refractivity contribution >= 4 is 82.1 Å². The number of fused-ring (bicyclic) bond motifs is 3. The number of aryl methyl sites for hydroxylation is 3. The quantitative estimate of drug-likeness (QED) is 0.0906. The highest BCUT2D eigenvalue weighted by Gasteiger charge is 2.51. The Bertz CT molecular complexity index is 3160. The molecular formula is C66H78N12S3. The molecule has 81 heavy (non-hydrogen) atoms. The van der Waals surface area contributed by atoms with E-state index in [0.29, 0.717) is 34.4 Å². The predicted molar refractivity (Wildman–Crippen MR) is 337 cm³/mol. The maximum atomic E-state index is 4.63. The summed E-state index contributed by atoms with van der Waals surface area (Å²) in [5.41, 5.74) is 5.57. The van der Waals surface area contributed by atoms with Gasteiger partial charge in [0.05, 0.1) is 16.2 Å². The van der Waals surface area contributed by atoms with Crippen molar-refractivity contribution in [3.63, 3.8) is 0 Å². The van der Waals surface area contributed by atoms with Crippen LogP contribution in [0.3, 0.4) is 0 Å². The third kappa shape index (κ3) is 11.9. The Morgan fingerprint density at radius 2 is 0.691 bits per heavy atom. The molecule has 3 aliphatic carbocycles. The molecule has 9 aromatic rings. The second-order valence-electron chi connectivity index (χ2n) is 24.4. The normalized spacial score (nSPS) is 21.1. The van der Waals surface area contributed by atoms with E-state index in [2.05, 4.69) is 191 Å². The highest BCUT2D eigenvalue weighted by molar-refractivity contribution is 7.19. The fraction of sp³-hybridized carbons (Fsp3) is 0.455. The second kappa shape index (κ2) is 23.7. The van der Waals surface area contributed by atoms with Crippen LogP contribution in [-0.2, 0) is 38.9 Å². The van der Waals surface area contributed by atoms with E-state index in [9.17, 15) is 0 Å². The van der Waals surface area contributed by atoms with Crippen molar-refractivity contribution in [2.45, 2.75) is 136 Å². The number of thiophene rings is 3. The summed E-state index contributed by atoms with van der Waals surface area (Å²) in [5, 5.41) is 15.0. The zero-order valence-corrected chi connectivity index (χ0v) is 49.9. The number of hydrogen-bond acceptors (Lipinski definition) is 15. The molecule has 6 fully saturated rings. The summed E-state index contributed by atoms with van der Waals surface area (Å²) < 4.78 is 0. The standard InChI is InChI=1S/3C22H26N4S/c3*1-2-18-10-19-20(24-15-25-21(19)27-18)26-13-22(14-26)9-8-17(11-22)23-12-16-6-4-3-5-7-16/h3*3-7,10,15,17,23H,2,8-9,11-14H2,1H3/t2*17-;/m10./s1. The van der Waals surface area contributed by atoms with Gasteiger partial charge in [0.25, 0.3) is 0 Å². The molecule has 6 aliphatic rings. The molecule has 1 unspecified atom stereocenters. The molecule has 3 saturated heterocycles. The highest BCUT2D eigenvalue weighted by Crippen LogP contribution is 2.51. The van der Waals surface area contributed by atoms with Gasteiger partial charge in [0.15, 0.2) is 0 Å². The van der Waals surface area contributed by atoms with E-state index < -0.39 is 0 Å². The molecule has 0 radical (unpaired) electrons. The van der Waals surface area contributed by atoms with E-state index in [1.54, 1.807) is 53.0 Å². The molecule has 3 saturated carbocycles. The molecule has 15 rings (SSSR count). The number of anilines is 3. The van der Waals surface area contributed by atoms with Crippen LogP contribution in [0.15, 0.2) is 128 Å². The molecule has 3 N–H and O–H groups in total. The number of benzene rings is 3. The van der Waals surface area contributed by atoms with Crippen LogP contribution in [-0.4, -0.2) is 87.3 Å². The Morgan fingerprint density at radius 1 is 0.407 bits per heavy atom. The van der Waals surface area contributed by atoms with Gasteiger partial charge in [0, 0.05) is 108 Å². The summed E-state index contributed by atoms with van der Waals surface area (Å²) in [6.45, 7) is 16.4. The largest absolute Gasteiger partial charge is 0.355 e. The predicted octanol–water partition coefficient (Wildman–Crippen LogP) is 13.2. The van der Waals surface area contributed by atoms with Crippen LogP contribution in [0.2, 0.25) is 0 Å². The molecule has 420 valence electrons. The van der Waals surface area contributed by atoms with E-state index in [-0.39, 0.29) is 0 Å². The number of aromatic nitrogens is 6. The summed E-state index contributed by atoms with van der Waals surface area (Å²) in [6, 6.07) is 41.0. The topological polar surface area (TPSA) is 123 Å². The van der Waals surface area contributed by atoms with Crippen LogP contribution in [0.4, 0.5) is 17.5 Å². The third-order valence-corrected chi connectivity index (χ3v) is 22.2. The lowest BCUT2D eigenvalue weighted by Gasteiger charge is -2.49. The van der Waals surface area contributed by atoms with Crippen molar-refractivity contribution < 1.29 is 0 Å². The first-order valence-corrected chi connectivity index (χ1v) is 32.5. The van der Waals surface area contributed by atoms with Crippen molar-refractivity contribution in [1.29, 1.82) is 0 Å². The Hall–Kier alpha value is -5.94. The van der Waals surface area contributed by atoms with Crippen molar-refractivity contribution in [2.24, 2.45) is 16.2 Å². The molecule has 0 bridgehead atoms. The third-order valence-electron chi connectivity index (χ3n) is 18.6. The monoisotopic (exact) mass is 1130 g/mol. The zero-order valence-electron chi connectivity index (χ0n) is 47.5. The van der Waals surface area contributed by atoms with Crippen LogP contribution >= 0.6 is 34.0 Å². The van der Waals surface area contributed by atoms with Crippen molar-refractivity contribution in [2.75, 3.05) is 54.0 Å². The Balaban J connectivity index is 0.000000114. The minimum Gasteiger partial charge on any atom is -0.355 e. The summed E-state index contributed by atoms with van der Waals surface area (Å²) in [7, 11) is 0. The molecule has 0 amide bonds. The first kappa shape index (κ1) is 54.3. The SMILES string of the molecule is CCc1cc2c(N3CC4(CCC(NCc5ccccc5)C4)C3)ncnc2s1.CCc1cc2c(N3CC4(CC[C@@H](NCc5ccccc5)C4)C3)ncnc2s1.CCc1cc2c(N3CC4(CC[C@H](NCc5ccccc5)C4)C3)ncnc2s1. The van der Waals surface area contributed by atoms with Gasteiger partial charge < -0.3 is 30.7 Å². The molecular weight excluding hydrogens is 1060 g/mol. The van der Waals surface area contributed by atoms with E-state index in [4.69, 9.17) is 0 Å². The lowest BCUT2D eigenvalue weighted by molar-refractivity contribution is 0.214. The lowest BCUT2D eigenvalue weighted by atomic mass is 9.78. The lowest BCUT2D eigenvalue weighted by Crippen LogP contribution is -2.56. The van der Waals surface area contributed by atoms with Crippen LogP contribution in [0.5, 0.6) is 0 Å². The fourth-order valence-electron chi connectivity index (χ4n) is 14.3. The van der Waals surface area contributed by atoms with Crippen LogP contribution < -0.4 is 30.7 Å². The van der Waals surface area contributed by atoms with Crippen molar-refractivity contribution in [3.8, 4) is 0 Å². The zero-order chi connectivity index (χ0) is 54.8. The Labute approximate surface area is 490 Å². The first-order chi connectivity index (χ1) is 39.7. The Kier molecular flexibility index (Phi) is 15.9. The minimum absolute atomic E-state index is 0.481. The van der Waals surface area contributed by atoms with Gasteiger partial charge >= 0.3 is 0 Å². The molecule has 6 aromatic heterocycles. The van der Waals surface area contributed by atoms with E-state index in [1.165, 1.54) is 105 Å². The van der Waals surface area contributed by atoms with Crippen molar-refractivity contribution in [3.05, 3.63) is 159 Å².